The molecular formula is C22H22BrNO3. The number of carbonyl (C=O) groups is 2. The number of nitrogens with zero attached hydrogens (tertiary/aromatic N) is 1. The van der Waals surface area contributed by atoms with Crippen molar-refractivity contribution in [3.05, 3.63) is 74.8 Å². The van der Waals surface area contributed by atoms with Gasteiger partial charge in [0.1, 0.15) is 5.76 Å². The lowest BCUT2D eigenvalue weighted by molar-refractivity contribution is -0.139. The Labute approximate surface area is 167 Å². The van der Waals surface area contributed by atoms with Crippen LogP contribution in [0.2, 0.25) is 0 Å². The zero-order valence-corrected chi connectivity index (χ0v) is 17.2. The van der Waals surface area contributed by atoms with Gasteiger partial charge in [0, 0.05) is 16.6 Å². The molecule has 2 aromatic rings. The number of amides is 1. The largest absolute Gasteiger partial charge is 0.507 e. The van der Waals surface area contributed by atoms with E-state index in [-0.39, 0.29) is 11.3 Å². The molecule has 0 radical (unpaired) electrons. The lowest BCUT2D eigenvalue weighted by Gasteiger charge is -2.25. The number of hydrogen-bond acceptors (Lipinski definition) is 3. The maximum Gasteiger partial charge on any atom is 0.295 e. The van der Waals surface area contributed by atoms with Gasteiger partial charge in [-0.1, -0.05) is 58.7 Å². The number of aliphatic hydroxyl groups excluding tert-OH is 1. The maximum absolute atomic E-state index is 12.8. The number of aliphatic hydroxyl groups is 1. The summed E-state index contributed by atoms with van der Waals surface area (Å²) in [6.45, 7) is 6.30. The van der Waals surface area contributed by atoms with Gasteiger partial charge in [-0.25, -0.2) is 0 Å². The van der Waals surface area contributed by atoms with Crippen molar-refractivity contribution in [2.45, 2.75) is 33.2 Å². The topological polar surface area (TPSA) is 57.6 Å². The van der Waals surface area contributed by atoms with Gasteiger partial charge in [0.25, 0.3) is 11.7 Å². The SMILES string of the molecule is CCCN1C(=O)C(=O)/C(=C(\O)c2ccc(Br)c(C)c2)C1c1cccc(C)c1. The number of carbonyl (C=O) groups excluding carboxylic acids is 2. The first kappa shape index (κ1) is 19.4. The molecule has 1 heterocycles. The Morgan fingerprint density at radius 1 is 1.15 bits per heavy atom. The van der Waals surface area contributed by atoms with Crippen molar-refractivity contribution in [1.82, 2.24) is 4.90 Å². The Morgan fingerprint density at radius 3 is 2.52 bits per heavy atom. The molecule has 1 atom stereocenters. The Bertz CT molecular complexity index is 948. The van der Waals surface area contributed by atoms with Crippen LogP contribution in [0.25, 0.3) is 5.76 Å². The quantitative estimate of drug-likeness (QED) is 0.428. The molecule has 1 fully saturated rings. The van der Waals surface area contributed by atoms with Gasteiger partial charge in [-0.05, 0) is 43.5 Å². The summed E-state index contributed by atoms with van der Waals surface area (Å²) < 4.78 is 0.917. The van der Waals surface area contributed by atoms with Crippen molar-refractivity contribution in [1.29, 1.82) is 0 Å². The van der Waals surface area contributed by atoms with E-state index in [4.69, 9.17) is 0 Å². The second-order valence-corrected chi connectivity index (χ2v) is 7.72. The van der Waals surface area contributed by atoms with Crippen LogP contribution in [-0.2, 0) is 9.59 Å². The number of aryl methyl sites for hydroxylation is 2. The Morgan fingerprint density at radius 2 is 1.89 bits per heavy atom. The van der Waals surface area contributed by atoms with Crippen LogP contribution in [0.5, 0.6) is 0 Å². The molecule has 1 saturated heterocycles. The molecule has 1 aliphatic heterocycles. The maximum atomic E-state index is 12.8. The lowest BCUT2D eigenvalue weighted by Crippen LogP contribution is -2.30. The molecule has 0 bridgehead atoms. The van der Waals surface area contributed by atoms with Crippen LogP contribution in [0.15, 0.2) is 52.5 Å². The summed E-state index contributed by atoms with van der Waals surface area (Å²) in [5.41, 5.74) is 3.49. The minimum absolute atomic E-state index is 0.131. The zero-order chi connectivity index (χ0) is 19.7. The molecule has 3 rings (SSSR count). The van der Waals surface area contributed by atoms with Gasteiger partial charge in [0.05, 0.1) is 11.6 Å². The molecule has 0 saturated carbocycles. The molecule has 140 valence electrons. The van der Waals surface area contributed by atoms with E-state index in [2.05, 4.69) is 15.9 Å². The van der Waals surface area contributed by atoms with E-state index in [0.29, 0.717) is 12.1 Å². The van der Waals surface area contributed by atoms with Gasteiger partial charge >= 0.3 is 0 Å². The average molecular weight is 428 g/mol. The third-order valence-corrected chi connectivity index (χ3v) is 5.68. The number of hydrogen-bond donors (Lipinski definition) is 1. The molecule has 1 amide bonds. The first-order valence-corrected chi connectivity index (χ1v) is 9.76. The fourth-order valence-corrected chi connectivity index (χ4v) is 3.73. The highest BCUT2D eigenvalue weighted by Gasteiger charge is 2.45. The first-order chi connectivity index (χ1) is 12.8. The number of halogens is 1. The van der Waals surface area contributed by atoms with E-state index in [1.165, 1.54) is 0 Å². The summed E-state index contributed by atoms with van der Waals surface area (Å²) in [7, 11) is 0. The highest BCUT2D eigenvalue weighted by Crippen LogP contribution is 2.39. The summed E-state index contributed by atoms with van der Waals surface area (Å²) in [5.74, 6) is -1.32. The molecule has 4 nitrogen and oxygen atoms in total. The zero-order valence-electron chi connectivity index (χ0n) is 15.6. The number of ketones is 1. The Kier molecular flexibility index (Phi) is 5.51. The van der Waals surface area contributed by atoms with Crippen LogP contribution in [0.1, 0.15) is 41.6 Å². The molecule has 0 aromatic heterocycles. The fourth-order valence-electron chi connectivity index (χ4n) is 3.49. The van der Waals surface area contributed by atoms with E-state index in [1.807, 2.05) is 51.1 Å². The van der Waals surface area contributed by atoms with Crippen molar-refractivity contribution >= 4 is 33.4 Å². The third kappa shape index (κ3) is 3.56. The molecule has 1 aliphatic rings. The Hall–Kier alpha value is -2.40. The minimum Gasteiger partial charge on any atom is -0.507 e. The fraction of sp³-hybridized carbons (Fsp3) is 0.273. The van der Waals surface area contributed by atoms with Crippen LogP contribution >= 0.6 is 15.9 Å². The molecule has 0 spiro atoms. The number of benzene rings is 2. The van der Waals surface area contributed by atoms with Crippen molar-refractivity contribution in [2.24, 2.45) is 0 Å². The highest BCUT2D eigenvalue weighted by atomic mass is 79.9. The molecule has 0 aliphatic carbocycles. The van der Waals surface area contributed by atoms with E-state index in [0.717, 1.165) is 27.6 Å². The van der Waals surface area contributed by atoms with Crippen molar-refractivity contribution in [2.75, 3.05) is 6.54 Å². The monoisotopic (exact) mass is 427 g/mol. The second-order valence-electron chi connectivity index (χ2n) is 6.87. The molecule has 1 N–H and O–H groups in total. The number of Topliss-reactive ketones (excluding diaryl/α,β-unsaturated/α-hetero) is 1. The smallest absolute Gasteiger partial charge is 0.295 e. The van der Waals surface area contributed by atoms with Gasteiger partial charge in [0.2, 0.25) is 0 Å². The first-order valence-electron chi connectivity index (χ1n) is 8.96. The predicted octanol–water partition coefficient (Wildman–Crippen LogP) is 4.90. The second kappa shape index (κ2) is 7.69. The normalized spacial score (nSPS) is 19.0. The number of rotatable bonds is 4. The van der Waals surface area contributed by atoms with E-state index < -0.39 is 17.7 Å². The van der Waals surface area contributed by atoms with Crippen LogP contribution in [0.3, 0.4) is 0 Å². The Balaban J connectivity index is 2.21. The van der Waals surface area contributed by atoms with Gasteiger partial charge in [-0.2, -0.15) is 0 Å². The van der Waals surface area contributed by atoms with E-state index in [9.17, 15) is 14.7 Å². The molecule has 1 unspecified atom stereocenters. The standard InChI is InChI=1S/C22H22BrNO3/c1-4-10-24-19(15-7-5-6-13(2)11-15)18(21(26)22(24)27)20(25)16-8-9-17(23)14(3)12-16/h5-9,11-12,19,25H,4,10H2,1-3H3/b20-18-. The molecule has 2 aromatic carbocycles. The summed E-state index contributed by atoms with van der Waals surface area (Å²) in [6.07, 6.45) is 0.729. The van der Waals surface area contributed by atoms with Gasteiger partial charge in [-0.15, -0.1) is 0 Å². The van der Waals surface area contributed by atoms with Gasteiger partial charge < -0.3 is 10.0 Å². The van der Waals surface area contributed by atoms with E-state index in [1.54, 1.807) is 17.0 Å². The van der Waals surface area contributed by atoms with Gasteiger partial charge in [0.15, 0.2) is 0 Å². The number of likely N-dealkylation sites (tertiary alicyclic amines) is 1. The van der Waals surface area contributed by atoms with Crippen molar-refractivity contribution in [3.63, 3.8) is 0 Å². The lowest BCUT2D eigenvalue weighted by atomic mass is 9.94. The van der Waals surface area contributed by atoms with Crippen LogP contribution in [0.4, 0.5) is 0 Å². The highest BCUT2D eigenvalue weighted by molar-refractivity contribution is 9.10. The average Bonchev–Trinajstić information content (AvgIpc) is 2.89. The summed E-state index contributed by atoms with van der Waals surface area (Å²) in [5, 5.41) is 11.0. The van der Waals surface area contributed by atoms with Gasteiger partial charge in [-0.3, -0.25) is 9.59 Å². The van der Waals surface area contributed by atoms with Crippen molar-refractivity contribution < 1.29 is 14.7 Å². The minimum atomic E-state index is -0.631. The van der Waals surface area contributed by atoms with Crippen molar-refractivity contribution in [3.8, 4) is 0 Å². The summed E-state index contributed by atoms with van der Waals surface area (Å²) in [4.78, 5) is 27.0. The molecule has 27 heavy (non-hydrogen) atoms. The third-order valence-electron chi connectivity index (χ3n) is 4.79. The van der Waals surface area contributed by atoms with E-state index >= 15 is 0 Å². The summed E-state index contributed by atoms with van der Waals surface area (Å²) >= 11 is 3.44. The molecule has 5 heteroatoms. The predicted molar refractivity (Wildman–Crippen MR) is 109 cm³/mol. The van der Waals surface area contributed by atoms with Crippen LogP contribution in [0, 0.1) is 13.8 Å². The van der Waals surface area contributed by atoms with Crippen LogP contribution < -0.4 is 0 Å². The molecular weight excluding hydrogens is 406 g/mol. The van der Waals surface area contributed by atoms with Crippen LogP contribution in [-0.4, -0.2) is 28.2 Å². The summed E-state index contributed by atoms with van der Waals surface area (Å²) in [6, 6.07) is 12.5.